The largest absolute Gasteiger partial charge is 0.481 e. The van der Waals surface area contributed by atoms with Crippen molar-refractivity contribution >= 4 is 5.91 Å². The molecule has 1 N–H and O–H groups in total. The van der Waals surface area contributed by atoms with Crippen molar-refractivity contribution in [2.45, 2.75) is 6.92 Å². The summed E-state index contributed by atoms with van der Waals surface area (Å²) in [6.45, 7) is 5.04. The van der Waals surface area contributed by atoms with Crippen molar-refractivity contribution in [1.29, 1.82) is 0 Å². The predicted molar refractivity (Wildman–Crippen MR) is 64.3 cm³/mol. The summed E-state index contributed by atoms with van der Waals surface area (Å²) < 4.78 is 5.05. The molecule has 1 aliphatic heterocycles. The van der Waals surface area contributed by atoms with Gasteiger partial charge in [-0.15, -0.1) is 0 Å². The van der Waals surface area contributed by atoms with E-state index in [1.807, 2.05) is 17.9 Å². The Labute approximate surface area is 101 Å². The zero-order valence-electron chi connectivity index (χ0n) is 10.2. The number of hydrogen-bond acceptors (Lipinski definition) is 4. The summed E-state index contributed by atoms with van der Waals surface area (Å²) in [4.78, 5) is 18.3. The summed E-state index contributed by atoms with van der Waals surface area (Å²) in [6.07, 6.45) is 0. The van der Waals surface area contributed by atoms with Crippen LogP contribution in [0.4, 0.5) is 0 Å². The fraction of sp³-hybridized carbons (Fsp3) is 0.500. The van der Waals surface area contributed by atoms with E-state index in [0.717, 1.165) is 31.7 Å². The second-order valence-electron chi connectivity index (χ2n) is 4.06. The van der Waals surface area contributed by atoms with Crippen LogP contribution in [0.25, 0.3) is 0 Å². The van der Waals surface area contributed by atoms with E-state index < -0.39 is 0 Å². The molecule has 1 saturated heterocycles. The first-order valence-electron chi connectivity index (χ1n) is 5.74. The minimum atomic E-state index is -0.0112. The van der Waals surface area contributed by atoms with Crippen LogP contribution in [0.2, 0.25) is 0 Å². The molecule has 2 heterocycles. The SMILES string of the molecule is COc1ccc(C)c(C(=O)N2CCNCC2)n1. The fourth-order valence-electron chi connectivity index (χ4n) is 1.86. The van der Waals surface area contributed by atoms with Gasteiger partial charge in [0.1, 0.15) is 5.69 Å². The maximum atomic E-state index is 12.3. The van der Waals surface area contributed by atoms with Crippen LogP contribution in [-0.4, -0.2) is 49.1 Å². The van der Waals surface area contributed by atoms with Crippen LogP contribution < -0.4 is 10.1 Å². The Bertz CT molecular complexity index is 414. The molecule has 2 rings (SSSR count). The molecule has 0 unspecified atom stereocenters. The molecule has 0 aromatic carbocycles. The molecule has 1 aromatic heterocycles. The van der Waals surface area contributed by atoms with Gasteiger partial charge in [-0.2, -0.15) is 0 Å². The van der Waals surface area contributed by atoms with Crippen molar-refractivity contribution < 1.29 is 9.53 Å². The summed E-state index contributed by atoms with van der Waals surface area (Å²) in [7, 11) is 1.55. The van der Waals surface area contributed by atoms with Crippen molar-refractivity contribution in [3.8, 4) is 5.88 Å². The number of methoxy groups -OCH3 is 1. The first kappa shape index (κ1) is 11.9. The topological polar surface area (TPSA) is 54.5 Å². The van der Waals surface area contributed by atoms with Crippen LogP contribution in [0.5, 0.6) is 5.88 Å². The Balaban J connectivity index is 2.22. The number of carbonyl (C=O) groups excluding carboxylic acids is 1. The van der Waals surface area contributed by atoms with Crippen molar-refractivity contribution in [3.05, 3.63) is 23.4 Å². The number of amides is 1. The Morgan fingerprint density at radius 3 is 2.76 bits per heavy atom. The summed E-state index contributed by atoms with van der Waals surface area (Å²) in [5.41, 5.74) is 1.38. The maximum absolute atomic E-state index is 12.3. The number of hydrogen-bond donors (Lipinski definition) is 1. The highest BCUT2D eigenvalue weighted by Gasteiger charge is 2.21. The minimum absolute atomic E-state index is 0.0112. The van der Waals surface area contributed by atoms with E-state index in [1.54, 1.807) is 13.2 Å². The lowest BCUT2D eigenvalue weighted by Gasteiger charge is -2.27. The molecule has 0 atom stereocenters. The van der Waals surface area contributed by atoms with E-state index in [1.165, 1.54) is 0 Å². The summed E-state index contributed by atoms with van der Waals surface area (Å²) in [6, 6.07) is 3.63. The van der Waals surface area contributed by atoms with Crippen LogP contribution >= 0.6 is 0 Å². The number of aryl methyl sites for hydroxylation is 1. The molecule has 1 aliphatic rings. The van der Waals surface area contributed by atoms with Gasteiger partial charge in [-0.3, -0.25) is 4.79 Å². The molecule has 5 heteroatoms. The lowest BCUT2D eigenvalue weighted by molar-refractivity contribution is 0.0728. The highest BCUT2D eigenvalue weighted by molar-refractivity contribution is 5.93. The number of pyridine rings is 1. The van der Waals surface area contributed by atoms with E-state index in [4.69, 9.17) is 4.74 Å². The van der Waals surface area contributed by atoms with Gasteiger partial charge in [0.2, 0.25) is 5.88 Å². The van der Waals surface area contributed by atoms with Gasteiger partial charge in [-0.1, -0.05) is 6.07 Å². The number of piperazine rings is 1. The molecule has 0 radical (unpaired) electrons. The van der Waals surface area contributed by atoms with Gasteiger partial charge >= 0.3 is 0 Å². The Morgan fingerprint density at radius 1 is 1.41 bits per heavy atom. The van der Waals surface area contributed by atoms with E-state index in [9.17, 15) is 4.79 Å². The lowest BCUT2D eigenvalue weighted by Crippen LogP contribution is -2.46. The quantitative estimate of drug-likeness (QED) is 0.808. The molecule has 1 fully saturated rings. The van der Waals surface area contributed by atoms with E-state index in [2.05, 4.69) is 10.3 Å². The molecule has 0 bridgehead atoms. The molecular formula is C12H17N3O2. The van der Waals surface area contributed by atoms with Crippen molar-refractivity contribution in [2.24, 2.45) is 0 Å². The number of nitrogens with one attached hydrogen (secondary N) is 1. The van der Waals surface area contributed by atoms with Crippen LogP contribution in [-0.2, 0) is 0 Å². The predicted octanol–water partition coefficient (Wildman–Crippen LogP) is 0.444. The van der Waals surface area contributed by atoms with Gasteiger partial charge in [0.05, 0.1) is 7.11 Å². The molecule has 5 nitrogen and oxygen atoms in total. The summed E-state index contributed by atoms with van der Waals surface area (Å²) in [5.74, 6) is 0.469. The third-order valence-electron chi connectivity index (χ3n) is 2.89. The summed E-state index contributed by atoms with van der Waals surface area (Å²) in [5, 5.41) is 3.22. The highest BCUT2D eigenvalue weighted by Crippen LogP contribution is 2.14. The van der Waals surface area contributed by atoms with Gasteiger partial charge in [0, 0.05) is 32.2 Å². The smallest absolute Gasteiger partial charge is 0.272 e. The average Bonchev–Trinajstić information content (AvgIpc) is 2.39. The van der Waals surface area contributed by atoms with Gasteiger partial charge in [-0.25, -0.2) is 4.98 Å². The van der Waals surface area contributed by atoms with Crippen molar-refractivity contribution in [1.82, 2.24) is 15.2 Å². The monoisotopic (exact) mass is 235 g/mol. The zero-order valence-corrected chi connectivity index (χ0v) is 10.2. The standard InChI is InChI=1S/C12H17N3O2/c1-9-3-4-10(17-2)14-11(9)12(16)15-7-5-13-6-8-15/h3-4,13H,5-8H2,1-2H3. The number of rotatable bonds is 2. The Kier molecular flexibility index (Phi) is 3.58. The van der Waals surface area contributed by atoms with Gasteiger partial charge in [0.25, 0.3) is 5.91 Å². The molecule has 1 amide bonds. The lowest BCUT2D eigenvalue weighted by atomic mass is 10.2. The van der Waals surface area contributed by atoms with Gasteiger partial charge in [0.15, 0.2) is 0 Å². The van der Waals surface area contributed by atoms with Gasteiger partial charge < -0.3 is 15.0 Å². The highest BCUT2D eigenvalue weighted by atomic mass is 16.5. The van der Waals surface area contributed by atoms with Crippen molar-refractivity contribution in [2.75, 3.05) is 33.3 Å². The zero-order chi connectivity index (χ0) is 12.3. The first-order valence-corrected chi connectivity index (χ1v) is 5.74. The third-order valence-corrected chi connectivity index (χ3v) is 2.89. The molecule has 0 spiro atoms. The number of carbonyl (C=O) groups is 1. The second kappa shape index (κ2) is 5.14. The van der Waals surface area contributed by atoms with Crippen LogP contribution in [0, 0.1) is 6.92 Å². The molecule has 17 heavy (non-hydrogen) atoms. The van der Waals surface area contributed by atoms with E-state index >= 15 is 0 Å². The fourth-order valence-corrected chi connectivity index (χ4v) is 1.86. The molecular weight excluding hydrogens is 218 g/mol. The van der Waals surface area contributed by atoms with Gasteiger partial charge in [-0.05, 0) is 12.5 Å². The van der Waals surface area contributed by atoms with Crippen molar-refractivity contribution in [3.63, 3.8) is 0 Å². The number of ether oxygens (including phenoxy) is 1. The molecule has 0 saturated carbocycles. The van der Waals surface area contributed by atoms with Crippen LogP contribution in [0.15, 0.2) is 12.1 Å². The minimum Gasteiger partial charge on any atom is -0.481 e. The Morgan fingerprint density at radius 2 is 2.12 bits per heavy atom. The van der Waals surface area contributed by atoms with E-state index in [-0.39, 0.29) is 5.91 Å². The second-order valence-corrected chi connectivity index (χ2v) is 4.06. The average molecular weight is 235 g/mol. The molecule has 92 valence electrons. The maximum Gasteiger partial charge on any atom is 0.272 e. The number of nitrogens with zero attached hydrogens (tertiary/aromatic N) is 2. The van der Waals surface area contributed by atoms with Crippen LogP contribution in [0.3, 0.4) is 0 Å². The Hall–Kier alpha value is -1.62. The molecule has 0 aliphatic carbocycles. The normalized spacial score (nSPS) is 15.8. The first-order chi connectivity index (χ1) is 8.22. The molecule has 1 aromatic rings. The number of aromatic nitrogens is 1. The van der Waals surface area contributed by atoms with Crippen LogP contribution in [0.1, 0.15) is 16.1 Å². The van der Waals surface area contributed by atoms with E-state index in [0.29, 0.717) is 11.6 Å². The summed E-state index contributed by atoms with van der Waals surface area (Å²) >= 11 is 0. The third kappa shape index (κ3) is 2.55.